The number of imide groups is 1. The molecular weight excluding hydrogens is 460 g/mol. The summed E-state index contributed by atoms with van der Waals surface area (Å²) in [5, 5.41) is 14.1. The number of benzene rings is 2. The molecular formula is C27H32N4O5. The molecule has 0 saturated carbocycles. The smallest absolute Gasteiger partial charge is 0.282 e. The first-order valence-corrected chi connectivity index (χ1v) is 12.6. The van der Waals surface area contributed by atoms with Crippen molar-refractivity contribution < 1.29 is 19.3 Å². The van der Waals surface area contributed by atoms with Gasteiger partial charge in [-0.3, -0.25) is 34.3 Å². The molecule has 0 aromatic heterocycles. The molecule has 0 radical (unpaired) electrons. The van der Waals surface area contributed by atoms with Crippen LogP contribution in [0.4, 0.5) is 11.4 Å². The Morgan fingerprint density at radius 3 is 2.44 bits per heavy atom. The van der Waals surface area contributed by atoms with Crippen molar-refractivity contribution in [1.29, 1.82) is 0 Å². The zero-order valence-corrected chi connectivity index (χ0v) is 20.6. The minimum Gasteiger partial charge on any atom is -0.326 e. The Labute approximate surface area is 210 Å². The molecule has 9 heteroatoms. The van der Waals surface area contributed by atoms with Crippen LogP contribution in [-0.2, 0) is 11.3 Å². The molecule has 190 valence electrons. The van der Waals surface area contributed by atoms with E-state index >= 15 is 0 Å². The molecule has 1 saturated heterocycles. The highest BCUT2D eigenvalue weighted by Gasteiger charge is 2.40. The number of nitro groups is 1. The first kappa shape index (κ1) is 25.5. The van der Waals surface area contributed by atoms with Gasteiger partial charge in [0.05, 0.1) is 10.5 Å². The van der Waals surface area contributed by atoms with Gasteiger partial charge in [0.15, 0.2) is 0 Å². The van der Waals surface area contributed by atoms with E-state index in [1.807, 2.05) is 12.1 Å². The van der Waals surface area contributed by atoms with Gasteiger partial charge in [0.1, 0.15) is 5.56 Å². The average molecular weight is 493 g/mol. The molecule has 36 heavy (non-hydrogen) atoms. The molecule has 2 aliphatic rings. The van der Waals surface area contributed by atoms with E-state index in [4.69, 9.17) is 0 Å². The number of nitrogens with one attached hydrogen (secondary N) is 1. The van der Waals surface area contributed by atoms with E-state index in [1.165, 1.54) is 36.6 Å². The second kappa shape index (κ2) is 11.4. The normalized spacial score (nSPS) is 16.3. The fourth-order valence-electron chi connectivity index (χ4n) is 4.80. The maximum Gasteiger partial charge on any atom is 0.282 e. The van der Waals surface area contributed by atoms with Gasteiger partial charge in [0, 0.05) is 31.3 Å². The Bertz CT molecular complexity index is 1140. The lowest BCUT2D eigenvalue weighted by molar-refractivity contribution is -0.385. The summed E-state index contributed by atoms with van der Waals surface area (Å²) in [7, 11) is 0. The molecule has 0 spiro atoms. The molecule has 1 fully saturated rings. The number of anilines is 1. The highest BCUT2D eigenvalue weighted by atomic mass is 16.6. The van der Waals surface area contributed by atoms with E-state index < -0.39 is 16.7 Å². The van der Waals surface area contributed by atoms with Crippen molar-refractivity contribution in [2.24, 2.45) is 5.92 Å². The highest BCUT2D eigenvalue weighted by molar-refractivity contribution is 6.23. The number of hydrogen-bond donors (Lipinski definition) is 1. The summed E-state index contributed by atoms with van der Waals surface area (Å²) in [6, 6.07) is 12.1. The third-order valence-electron chi connectivity index (χ3n) is 6.98. The van der Waals surface area contributed by atoms with Crippen molar-refractivity contribution in [2.45, 2.75) is 52.0 Å². The van der Waals surface area contributed by atoms with Crippen molar-refractivity contribution >= 4 is 29.1 Å². The Balaban J connectivity index is 1.17. The highest BCUT2D eigenvalue weighted by Crippen LogP contribution is 2.31. The van der Waals surface area contributed by atoms with Gasteiger partial charge in [-0.1, -0.05) is 31.5 Å². The number of carbonyl (C=O) groups is 3. The standard InChI is InChI=1S/C27H32N4O5/c1-19-13-16-29(17-14-19)18-20-9-11-21(12-10-20)28-24(32)8-3-2-4-15-30-26(33)22-6-5-7-23(31(35)36)25(22)27(30)34/h5-7,9-12,19H,2-4,8,13-18H2,1H3,(H,28,32). The van der Waals surface area contributed by atoms with E-state index in [2.05, 4.69) is 29.3 Å². The molecule has 4 rings (SSSR count). The van der Waals surface area contributed by atoms with Gasteiger partial charge in [-0.25, -0.2) is 0 Å². The summed E-state index contributed by atoms with van der Waals surface area (Å²) < 4.78 is 0. The summed E-state index contributed by atoms with van der Waals surface area (Å²) >= 11 is 0. The van der Waals surface area contributed by atoms with E-state index in [0.717, 1.165) is 36.1 Å². The number of likely N-dealkylation sites (tertiary alicyclic amines) is 1. The number of fused-ring (bicyclic) bond motifs is 1. The first-order chi connectivity index (χ1) is 17.3. The fourth-order valence-corrected chi connectivity index (χ4v) is 4.80. The number of nitro benzene ring substituents is 1. The lowest BCUT2D eigenvalue weighted by atomic mass is 9.99. The van der Waals surface area contributed by atoms with Gasteiger partial charge in [0.2, 0.25) is 5.91 Å². The van der Waals surface area contributed by atoms with Crippen LogP contribution in [-0.4, -0.2) is 52.1 Å². The number of amides is 3. The number of piperidine rings is 1. The SMILES string of the molecule is CC1CCN(Cc2ccc(NC(=O)CCCCCN3C(=O)c4cccc([N+](=O)[O-])c4C3=O)cc2)CC1. The van der Waals surface area contributed by atoms with Crippen LogP contribution in [0.5, 0.6) is 0 Å². The predicted molar refractivity (Wildman–Crippen MR) is 136 cm³/mol. The zero-order chi connectivity index (χ0) is 25.7. The molecule has 2 aliphatic heterocycles. The van der Waals surface area contributed by atoms with Gasteiger partial charge < -0.3 is 5.32 Å². The maximum absolute atomic E-state index is 12.6. The van der Waals surface area contributed by atoms with Crippen LogP contribution >= 0.6 is 0 Å². The molecule has 2 aromatic rings. The van der Waals surface area contributed by atoms with E-state index in [1.54, 1.807) is 0 Å². The van der Waals surface area contributed by atoms with Crippen molar-refractivity contribution in [1.82, 2.24) is 9.80 Å². The molecule has 0 unspecified atom stereocenters. The molecule has 0 bridgehead atoms. The number of unbranched alkanes of at least 4 members (excludes halogenated alkanes) is 2. The van der Waals surface area contributed by atoms with Gasteiger partial charge >= 0.3 is 0 Å². The van der Waals surface area contributed by atoms with Crippen LogP contribution in [0.3, 0.4) is 0 Å². The fraction of sp³-hybridized carbons (Fsp3) is 0.444. The quantitative estimate of drug-likeness (QED) is 0.224. The lowest BCUT2D eigenvalue weighted by Gasteiger charge is -2.30. The van der Waals surface area contributed by atoms with E-state index in [-0.39, 0.29) is 29.3 Å². The molecule has 1 N–H and O–H groups in total. The molecule has 0 atom stereocenters. The Kier molecular flexibility index (Phi) is 8.10. The average Bonchev–Trinajstić information content (AvgIpc) is 3.11. The van der Waals surface area contributed by atoms with Crippen LogP contribution < -0.4 is 5.32 Å². The minimum atomic E-state index is -0.644. The van der Waals surface area contributed by atoms with Crippen LogP contribution in [0.15, 0.2) is 42.5 Å². The van der Waals surface area contributed by atoms with Crippen LogP contribution in [0.1, 0.15) is 71.7 Å². The Morgan fingerprint density at radius 1 is 1.03 bits per heavy atom. The topological polar surface area (TPSA) is 113 Å². The lowest BCUT2D eigenvalue weighted by Crippen LogP contribution is -2.32. The second-order valence-corrected chi connectivity index (χ2v) is 9.73. The van der Waals surface area contributed by atoms with Gasteiger partial charge in [-0.05, 0) is 68.5 Å². The van der Waals surface area contributed by atoms with Crippen molar-refractivity contribution in [2.75, 3.05) is 25.0 Å². The monoisotopic (exact) mass is 492 g/mol. The van der Waals surface area contributed by atoms with Crippen molar-refractivity contribution in [3.8, 4) is 0 Å². The van der Waals surface area contributed by atoms with Gasteiger partial charge in [0.25, 0.3) is 17.5 Å². The summed E-state index contributed by atoms with van der Waals surface area (Å²) in [5.41, 5.74) is 1.59. The Morgan fingerprint density at radius 2 is 1.75 bits per heavy atom. The van der Waals surface area contributed by atoms with Crippen LogP contribution in [0.25, 0.3) is 0 Å². The molecule has 0 aliphatic carbocycles. The van der Waals surface area contributed by atoms with Gasteiger partial charge in [-0.15, -0.1) is 0 Å². The van der Waals surface area contributed by atoms with Gasteiger partial charge in [-0.2, -0.15) is 0 Å². The third-order valence-corrected chi connectivity index (χ3v) is 6.98. The van der Waals surface area contributed by atoms with Crippen molar-refractivity contribution in [3.63, 3.8) is 0 Å². The minimum absolute atomic E-state index is 0.0742. The second-order valence-electron chi connectivity index (χ2n) is 9.73. The number of carbonyl (C=O) groups excluding carboxylic acids is 3. The van der Waals surface area contributed by atoms with E-state index in [9.17, 15) is 24.5 Å². The van der Waals surface area contributed by atoms with E-state index in [0.29, 0.717) is 25.7 Å². The molecule has 9 nitrogen and oxygen atoms in total. The third kappa shape index (κ3) is 5.96. The predicted octanol–water partition coefficient (Wildman–Crippen LogP) is 4.62. The van der Waals surface area contributed by atoms with Crippen molar-refractivity contribution in [3.05, 3.63) is 69.3 Å². The summed E-state index contributed by atoms with van der Waals surface area (Å²) in [4.78, 5) is 51.5. The van der Waals surface area contributed by atoms with Crippen LogP contribution in [0.2, 0.25) is 0 Å². The number of nitrogens with zero attached hydrogens (tertiary/aromatic N) is 3. The number of rotatable bonds is 10. The largest absolute Gasteiger partial charge is 0.326 e. The molecule has 2 heterocycles. The first-order valence-electron chi connectivity index (χ1n) is 12.6. The molecule has 2 aromatic carbocycles. The maximum atomic E-state index is 12.6. The summed E-state index contributed by atoms with van der Waals surface area (Å²) in [6.07, 6.45) is 4.61. The molecule has 3 amide bonds. The zero-order valence-electron chi connectivity index (χ0n) is 20.6. The number of hydrogen-bond acceptors (Lipinski definition) is 6. The Hall–Kier alpha value is -3.59. The van der Waals surface area contributed by atoms with Crippen LogP contribution in [0, 0.1) is 16.0 Å². The summed E-state index contributed by atoms with van der Waals surface area (Å²) in [6.45, 7) is 5.67. The summed E-state index contributed by atoms with van der Waals surface area (Å²) in [5.74, 6) is -0.401.